The van der Waals surface area contributed by atoms with E-state index in [9.17, 15) is 5.26 Å². The van der Waals surface area contributed by atoms with E-state index in [0.29, 0.717) is 23.0 Å². The molecule has 0 saturated carbocycles. The van der Waals surface area contributed by atoms with Crippen LogP contribution < -0.4 is 0 Å². The molecule has 5 nitrogen and oxygen atoms in total. The van der Waals surface area contributed by atoms with Crippen molar-refractivity contribution in [2.24, 2.45) is 0 Å². The SMILES string of the molecule is CC(C)(C)c1ccc2c(c1)c1ccccc1n2-c1ccc(C#N)cc1-c1nc(-c2ccccc2)nc(-c2ccccc2)n1. The van der Waals surface area contributed by atoms with Crippen molar-refractivity contribution >= 4 is 21.8 Å². The van der Waals surface area contributed by atoms with E-state index in [2.05, 4.69) is 73.9 Å². The minimum Gasteiger partial charge on any atom is -0.309 e. The second-order valence-electron chi connectivity index (χ2n) is 11.7. The molecule has 0 unspecified atom stereocenters. The maximum absolute atomic E-state index is 9.94. The molecule has 0 spiro atoms. The summed E-state index contributed by atoms with van der Waals surface area (Å²) in [6.45, 7) is 6.71. The number of benzene rings is 5. The van der Waals surface area contributed by atoms with Crippen molar-refractivity contribution in [2.45, 2.75) is 26.2 Å². The standard InChI is InChI=1S/C38H29N5/c1-38(2,3)28-19-21-33-30(23-28)29-16-10-11-17-32(29)43(33)34-20-18-25(24-39)22-31(34)37-41-35(26-12-6-4-7-13-26)40-36(42-37)27-14-8-5-9-15-27/h4-23H,1-3H3. The zero-order valence-electron chi connectivity index (χ0n) is 24.3. The van der Waals surface area contributed by atoms with Gasteiger partial charge in [0, 0.05) is 27.5 Å². The van der Waals surface area contributed by atoms with E-state index in [4.69, 9.17) is 15.0 Å². The molecule has 0 aliphatic rings. The van der Waals surface area contributed by atoms with Crippen molar-refractivity contribution in [3.8, 4) is 45.9 Å². The summed E-state index contributed by atoms with van der Waals surface area (Å²) in [7, 11) is 0. The number of rotatable bonds is 4. The smallest absolute Gasteiger partial charge is 0.166 e. The van der Waals surface area contributed by atoms with Crippen molar-refractivity contribution in [1.29, 1.82) is 5.26 Å². The van der Waals surface area contributed by atoms with Crippen LogP contribution in [0.1, 0.15) is 31.9 Å². The van der Waals surface area contributed by atoms with Crippen molar-refractivity contribution in [1.82, 2.24) is 19.5 Å². The maximum Gasteiger partial charge on any atom is 0.166 e. The Hall–Kier alpha value is -5.60. The highest BCUT2D eigenvalue weighted by Crippen LogP contribution is 2.38. The normalized spacial score (nSPS) is 11.6. The second-order valence-corrected chi connectivity index (χ2v) is 11.7. The Balaban J connectivity index is 1.54. The van der Waals surface area contributed by atoms with Gasteiger partial charge in [-0.3, -0.25) is 0 Å². The fourth-order valence-electron chi connectivity index (χ4n) is 5.61. The first-order valence-electron chi connectivity index (χ1n) is 14.4. The van der Waals surface area contributed by atoms with Crippen molar-refractivity contribution in [2.75, 3.05) is 0 Å². The lowest BCUT2D eigenvalue weighted by atomic mass is 9.86. The van der Waals surface area contributed by atoms with Crippen molar-refractivity contribution in [3.05, 3.63) is 132 Å². The number of fused-ring (bicyclic) bond motifs is 3. The third-order valence-corrected chi connectivity index (χ3v) is 7.85. The third-order valence-electron chi connectivity index (χ3n) is 7.85. The van der Waals surface area contributed by atoms with E-state index in [1.165, 1.54) is 16.3 Å². The van der Waals surface area contributed by atoms with Crippen LogP contribution in [0, 0.1) is 11.3 Å². The van der Waals surface area contributed by atoms with Gasteiger partial charge in [0.05, 0.1) is 28.4 Å². The summed E-state index contributed by atoms with van der Waals surface area (Å²) in [6.07, 6.45) is 0. The second kappa shape index (κ2) is 10.3. The molecular weight excluding hydrogens is 526 g/mol. The molecular formula is C38H29N5. The van der Waals surface area contributed by atoms with Gasteiger partial charge >= 0.3 is 0 Å². The first-order chi connectivity index (χ1) is 20.9. The molecule has 2 aromatic heterocycles. The van der Waals surface area contributed by atoms with Crippen molar-refractivity contribution < 1.29 is 0 Å². The highest BCUT2D eigenvalue weighted by Gasteiger charge is 2.21. The van der Waals surface area contributed by atoms with Gasteiger partial charge < -0.3 is 4.57 Å². The number of nitriles is 1. The molecule has 7 rings (SSSR count). The minimum absolute atomic E-state index is 0.0174. The van der Waals surface area contributed by atoms with E-state index in [-0.39, 0.29) is 5.41 Å². The summed E-state index contributed by atoms with van der Waals surface area (Å²) in [4.78, 5) is 14.9. The molecule has 0 fully saturated rings. The van der Waals surface area contributed by atoms with E-state index in [1.54, 1.807) is 0 Å². The largest absolute Gasteiger partial charge is 0.309 e. The van der Waals surface area contributed by atoms with E-state index < -0.39 is 0 Å². The molecule has 5 aromatic carbocycles. The van der Waals surface area contributed by atoms with Crippen LogP contribution in [0.4, 0.5) is 0 Å². The Morgan fingerprint density at radius 1 is 0.581 bits per heavy atom. The first-order valence-corrected chi connectivity index (χ1v) is 14.4. The molecule has 0 radical (unpaired) electrons. The summed E-state index contributed by atoms with van der Waals surface area (Å²) in [6, 6.07) is 43.1. The maximum atomic E-state index is 9.94. The van der Waals surface area contributed by atoms with Crippen LogP contribution in [0.5, 0.6) is 0 Å². The predicted molar refractivity (Wildman–Crippen MR) is 174 cm³/mol. The lowest BCUT2D eigenvalue weighted by Gasteiger charge is -2.19. The van der Waals surface area contributed by atoms with E-state index in [1.807, 2.05) is 78.9 Å². The van der Waals surface area contributed by atoms with Gasteiger partial charge in [0.1, 0.15) is 0 Å². The zero-order chi connectivity index (χ0) is 29.6. The van der Waals surface area contributed by atoms with Crippen LogP contribution in [-0.4, -0.2) is 19.5 Å². The molecule has 0 aliphatic heterocycles. The lowest BCUT2D eigenvalue weighted by Crippen LogP contribution is -2.10. The van der Waals surface area contributed by atoms with Crippen LogP contribution in [0.2, 0.25) is 0 Å². The predicted octanol–water partition coefficient (Wildman–Crippen LogP) is 9.14. The van der Waals surface area contributed by atoms with Gasteiger partial charge in [-0.1, -0.05) is 106 Å². The Bertz CT molecular complexity index is 2110. The lowest BCUT2D eigenvalue weighted by molar-refractivity contribution is 0.591. The van der Waals surface area contributed by atoms with Gasteiger partial charge in [0.25, 0.3) is 0 Å². The molecule has 0 N–H and O–H groups in total. The fraction of sp³-hybridized carbons (Fsp3) is 0.105. The number of hydrogen-bond donors (Lipinski definition) is 0. The highest BCUT2D eigenvalue weighted by molar-refractivity contribution is 6.10. The molecule has 0 saturated heterocycles. The Kier molecular flexibility index (Phi) is 6.33. The van der Waals surface area contributed by atoms with Crippen molar-refractivity contribution in [3.63, 3.8) is 0 Å². The molecule has 0 bridgehead atoms. The Morgan fingerprint density at radius 3 is 1.79 bits per heavy atom. The summed E-state index contributed by atoms with van der Waals surface area (Å²) in [5.41, 5.74) is 7.45. The van der Waals surface area contributed by atoms with Crippen LogP contribution in [-0.2, 0) is 5.41 Å². The van der Waals surface area contributed by atoms with Gasteiger partial charge in [0.2, 0.25) is 0 Å². The summed E-state index contributed by atoms with van der Waals surface area (Å²) >= 11 is 0. The molecule has 0 aliphatic carbocycles. The van der Waals surface area contributed by atoms with E-state index in [0.717, 1.165) is 33.4 Å². The van der Waals surface area contributed by atoms with Gasteiger partial charge in [-0.05, 0) is 47.4 Å². The van der Waals surface area contributed by atoms with Gasteiger partial charge in [-0.15, -0.1) is 0 Å². The highest BCUT2D eigenvalue weighted by atomic mass is 15.1. The molecule has 206 valence electrons. The van der Waals surface area contributed by atoms with Gasteiger partial charge in [-0.25, -0.2) is 15.0 Å². The van der Waals surface area contributed by atoms with Gasteiger partial charge in [-0.2, -0.15) is 5.26 Å². The third kappa shape index (κ3) is 4.73. The number of hydrogen-bond acceptors (Lipinski definition) is 4. The molecule has 5 heteroatoms. The average Bonchev–Trinajstić information content (AvgIpc) is 3.38. The molecule has 43 heavy (non-hydrogen) atoms. The quantitative estimate of drug-likeness (QED) is 0.217. The number of nitrogens with zero attached hydrogens (tertiary/aromatic N) is 5. The van der Waals surface area contributed by atoms with Gasteiger partial charge in [0.15, 0.2) is 17.5 Å². The molecule has 0 amide bonds. The van der Waals surface area contributed by atoms with Crippen LogP contribution in [0.15, 0.2) is 121 Å². The zero-order valence-corrected chi connectivity index (χ0v) is 24.3. The summed E-state index contributed by atoms with van der Waals surface area (Å²) < 4.78 is 2.27. The van der Waals surface area contributed by atoms with Crippen LogP contribution in [0.3, 0.4) is 0 Å². The summed E-state index contributed by atoms with van der Waals surface area (Å²) in [5.74, 6) is 1.67. The average molecular weight is 556 g/mol. The summed E-state index contributed by atoms with van der Waals surface area (Å²) in [5, 5.41) is 12.3. The number of para-hydroxylation sites is 1. The Labute approximate surface area is 250 Å². The molecule has 2 heterocycles. The fourth-order valence-corrected chi connectivity index (χ4v) is 5.61. The van der Waals surface area contributed by atoms with E-state index >= 15 is 0 Å². The van der Waals surface area contributed by atoms with Crippen LogP contribution >= 0.6 is 0 Å². The topological polar surface area (TPSA) is 67.4 Å². The minimum atomic E-state index is 0.0174. The molecule has 0 atom stereocenters. The van der Waals surface area contributed by atoms with Crippen LogP contribution in [0.25, 0.3) is 61.7 Å². The number of aromatic nitrogens is 4. The monoisotopic (exact) mass is 555 g/mol. The Morgan fingerprint density at radius 2 is 1.16 bits per heavy atom. The molecule has 7 aromatic rings. The first kappa shape index (κ1) is 26.3.